The Morgan fingerprint density at radius 3 is 1.81 bits per heavy atom. The Hall–Kier alpha value is -6.97. The van der Waals surface area contributed by atoms with Gasteiger partial charge in [0.2, 0.25) is 0 Å². The molecule has 1 spiro atoms. The van der Waals surface area contributed by atoms with Crippen LogP contribution in [0.15, 0.2) is 205 Å². The summed E-state index contributed by atoms with van der Waals surface area (Å²) < 4.78 is 6.86. The third-order valence-electron chi connectivity index (χ3n) is 12.6. The van der Waals surface area contributed by atoms with Crippen molar-refractivity contribution in [1.82, 2.24) is 5.32 Å². The van der Waals surface area contributed by atoms with Crippen molar-refractivity contribution in [2.24, 2.45) is 10.9 Å². The van der Waals surface area contributed by atoms with Gasteiger partial charge in [-0.15, -0.1) is 0 Å². The Kier molecular flexibility index (Phi) is 7.87. The zero-order valence-corrected chi connectivity index (χ0v) is 32.6. The number of hydrogen-bond donors (Lipinski definition) is 1. The standard InChI is InChI=1S/C55H42N2O/c1-36-24-31-41(32-25-36)54(2)35-50(38-14-4-3-5-15-38)56-53(57-54)39-28-26-37(27-29-39)42-16-6-7-17-43(42)40-30-33-49-52(34-40)58-51-23-13-12-22-48(51)55(49)46-20-10-8-18-44(46)45-19-9-11-21-47(45)55/h3-24,26-36H,25H2,1-2H3,(H,56,57)/t36-,54?/m1/s1. The van der Waals surface area contributed by atoms with E-state index in [1.807, 2.05) is 0 Å². The Morgan fingerprint density at radius 1 is 0.552 bits per heavy atom. The summed E-state index contributed by atoms with van der Waals surface area (Å²) in [6, 6.07) is 61.2. The van der Waals surface area contributed by atoms with Crippen LogP contribution in [0, 0.1) is 5.92 Å². The van der Waals surface area contributed by atoms with Crippen LogP contribution in [0.4, 0.5) is 0 Å². The number of nitrogens with one attached hydrogen (secondary N) is 1. The summed E-state index contributed by atoms with van der Waals surface area (Å²) in [6.45, 7) is 4.52. The molecule has 11 rings (SSSR count). The Balaban J connectivity index is 0.980. The van der Waals surface area contributed by atoms with Crippen LogP contribution in [0.1, 0.15) is 53.6 Å². The first-order chi connectivity index (χ1) is 28.5. The number of ether oxygens (including phenoxy) is 1. The first-order valence-electron chi connectivity index (χ1n) is 20.4. The zero-order chi connectivity index (χ0) is 38.8. The minimum absolute atomic E-state index is 0.402. The second-order valence-electron chi connectivity index (χ2n) is 16.2. The van der Waals surface area contributed by atoms with Crippen LogP contribution >= 0.6 is 0 Å². The molecule has 278 valence electrons. The van der Waals surface area contributed by atoms with Gasteiger partial charge in [-0.2, -0.15) is 0 Å². The van der Waals surface area contributed by atoms with Gasteiger partial charge in [0.25, 0.3) is 0 Å². The van der Waals surface area contributed by atoms with Gasteiger partial charge < -0.3 is 10.1 Å². The van der Waals surface area contributed by atoms with Crippen LogP contribution in [0.5, 0.6) is 11.5 Å². The Morgan fingerprint density at radius 2 is 1.12 bits per heavy atom. The van der Waals surface area contributed by atoms with Gasteiger partial charge in [-0.3, -0.25) is 0 Å². The number of nitrogens with zero attached hydrogens (tertiary/aromatic N) is 1. The lowest BCUT2D eigenvalue weighted by Gasteiger charge is -2.39. The molecule has 3 nitrogen and oxygen atoms in total. The largest absolute Gasteiger partial charge is 0.457 e. The fourth-order valence-corrected chi connectivity index (χ4v) is 9.72. The number of aliphatic imine (C=N–C) groups is 1. The maximum Gasteiger partial charge on any atom is 0.134 e. The van der Waals surface area contributed by atoms with Crippen molar-refractivity contribution in [3.05, 3.63) is 233 Å². The minimum atomic E-state index is -0.477. The molecule has 0 aromatic heterocycles. The number of amidine groups is 1. The molecule has 58 heavy (non-hydrogen) atoms. The molecule has 2 heterocycles. The highest BCUT2D eigenvalue weighted by atomic mass is 16.5. The molecule has 0 radical (unpaired) electrons. The molecule has 1 N–H and O–H groups in total. The van der Waals surface area contributed by atoms with E-state index in [1.165, 1.54) is 39.0 Å². The second kappa shape index (κ2) is 13.3. The van der Waals surface area contributed by atoms with Crippen LogP contribution in [0.3, 0.4) is 0 Å². The summed E-state index contributed by atoms with van der Waals surface area (Å²) >= 11 is 0. The Labute approximate surface area is 340 Å². The highest BCUT2D eigenvalue weighted by Gasteiger charge is 2.51. The molecule has 4 aliphatic rings. The summed E-state index contributed by atoms with van der Waals surface area (Å²) in [5.74, 6) is 3.19. The van der Waals surface area contributed by atoms with Crippen LogP contribution in [-0.2, 0) is 5.41 Å². The molecule has 0 saturated carbocycles. The average Bonchev–Trinajstić information content (AvgIpc) is 3.57. The van der Waals surface area contributed by atoms with E-state index in [0.717, 1.165) is 62.8 Å². The van der Waals surface area contributed by atoms with Gasteiger partial charge in [-0.25, -0.2) is 4.99 Å². The average molecular weight is 747 g/mol. The van der Waals surface area contributed by atoms with Crippen LogP contribution in [-0.4, -0.2) is 11.4 Å². The van der Waals surface area contributed by atoms with E-state index in [-0.39, 0.29) is 0 Å². The van der Waals surface area contributed by atoms with Crippen molar-refractivity contribution in [2.45, 2.75) is 31.2 Å². The van der Waals surface area contributed by atoms with Gasteiger partial charge in [0.15, 0.2) is 0 Å². The molecule has 2 aliphatic heterocycles. The normalized spacial score (nSPS) is 19.3. The van der Waals surface area contributed by atoms with Gasteiger partial charge in [0, 0.05) is 16.7 Å². The molecule has 2 aliphatic carbocycles. The highest BCUT2D eigenvalue weighted by Crippen LogP contribution is 2.62. The molecular formula is C55H42N2O. The van der Waals surface area contributed by atoms with Crippen molar-refractivity contribution in [1.29, 1.82) is 0 Å². The molecule has 7 aromatic carbocycles. The van der Waals surface area contributed by atoms with E-state index in [1.54, 1.807) is 0 Å². The van der Waals surface area contributed by atoms with Crippen molar-refractivity contribution >= 4 is 11.5 Å². The van der Waals surface area contributed by atoms with Crippen molar-refractivity contribution in [2.75, 3.05) is 0 Å². The number of rotatable bonds is 5. The molecule has 0 fully saturated rings. The maximum atomic E-state index is 6.86. The van der Waals surface area contributed by atoms with Gasteiger partial charge in [-0.05, 0) is 93.1 Å². The number of benzene rings is 7. The highest BCUT2D eigenvalue weighted by molar-refractivity contribution is 6.04. The molecule has 2 atom stereocenters. The van der Waals surface area contributed by atoms with Gasteiger partial charge >= 0.3 is 0 Å². The minimum Gasteiger partial charge on any atom is -0.457 e. The maximum absolute atomic E-state index is 6.86. The van der Waals surface area contributed by atoms with Gasteiger partial charge in [0.05, 0.1) is 16.7 Å². The summed E-state index contributed by atoms with van der Waals surface area (Å²) in [5.41, 5.74) is 15.6. The van der Waals surface area contributed by atoms with E-state index in [4.69, 9.17) is 9.73 Å². The molecule has 7 aromatic rings. The third-order valence-corrected chi connectivity index (χ3v) is 12.6. The molecule has 0 bridgehead atoms. The first-order valence-corrected chi connectivity index (χ1v) is 20.4. The Bertz CT molecular complexity index is 2850. The molecule has 1 unspecified atom stereocenters. The van der Waals surface area contributed by atoms with E-state index in [0.29, 0.717) is 5.92 Å². The van der Waals surface area contributed by atoms with E-state index >= 15 is 0 Å². The summed E-state index contributed by atoms with van der Waals surface area (Å²) in [6.07, 6.45) is 10.3. The lowest BCUT2D eigenvalue weighted by molar-refractivity contribution is 0.436. The summed E-state index contributed by atoms with van der Waals surface area (Å²) in [4.78, 5) is 5.21. The lowest BCUT2D eigenvalue weighted by Crippen LogP contribution is -2.48. The second-order valence-corrected chi connectivity index (χ2v) is 16.2. The summed E-state index contributed by atoms with van der Waals surface area (Å²) in [7, 11) is 0. The zero-order valence-electron chi connectivity index (χ0n) is 32.6. The molecule has 0 amide bonds. The predicted molar refractivity (Wildman–Crippen MR) is 238 cm³/mol. The number of para-hydroxylation sites is 1. The molecular weight excluding hydrogens is 705 g/mol. The molecule has 3 heteroatoms. The van der Waals surface area contributed by atoms with Crippen LogP contribution in [0.2, 0.25) is 0 Å². The van der Waals surface area contributed by atoms with Gasteiger partial charge in [0.1, 0.15) is 17.3 Å². The first kappa shape index (κ1) is 34.3. The summed E-state index contributed by atoms with van der Waals surface area (Å²) in [5, 5.41) is 3.84. The number of allylic oxidation sites excluding steroid dienone is 2. The third kappa shape index (κ3) is 5.30. The van der Waals surface area contributed by atoms with Crippen LogP contribution < -0.4 is 10.1 Å². The quantitative estimate of drug-likeness (QED) is 0.190. The fraction of sp³-hybridized carbons (Fsp3) is 0.109. The SMILES string of the molecule is C[C@@H]1C=CC(C2(C)C=C(c3ccccc3)N=C(c3ccc(-c4ccccc4-c4ccc5c(c4)Oc4ccccc4C54c5ccccc5-c5ccccc54)cc3)N2)=CC1. The smallest absolute Gasteiger partial charge is 0.134 e. The molecule has 0 saturated heterocycles. The lowest BCUT2D eigenvalue weighted by atomic mass is 9.66. The number of fused-ring (bicyclic) bond motifs is 9. The monoisotopic (exact) mass is 746 g/mol. The topological polar surface area (TPSA) is 33.6 Å². The fourth-order valence-electron chi connectivity index (χ4n) is 9.72. The van der Waals surface area contributed by atoms with E-state index in [2.05, 4.69) is 213 Å². The van der Waals surface area contributed by atoms with Crippen molar-refractivity contribution in [3.63, 3.8) is 0 Å². The van der Waals surface area contributed by atoms with Crippen molar-refractivity contribution in [3.8, 4) is 44.9 Å². The van der Waals surface area contributed by atoms with Crippen LogP contribution in [0.25, 0.3) is 39.1 Å². The van der Waals surface area contributed by atoms with Gasteiger partial charge in [-0.1, -0.05) is 183 Å². The number of hydrogen-bond acceptors (Lipinski definition) is 3. The van der Waals surface area contributed by atoms with Crippen molar-refractivity contribution < 1.29 is 4.74 Å². The van der Waals surface area contributed by atoms with E-state index < -0.39 is 11.0 Å². The predicted octanol–water partition coefficient (Wildman–Crippen LogP) is 13.2. The van der Waals surface area contributed by atoms with E-state index in [9.17, 15) is 0 Å².